The van der Waals surface area contributed by atoms with Crippen molar-refractivity contribution in [2.45, 2.75) is 38.6 Å². The van der Waals surface area contributed by atoms with Gasteiger partial charge in [0, 0.05) is 6.54 Å². The third-order valence-electron chi connectivity index (χ3n) is 2.91. The first-order chi connectivity index (χ1) is 6.23. The lowest BCUT2D eigenvalue weighted by Gasteiger charge is -2.38. The summed E-state index contributed by atoms with van der Waals surface area (Å²) < 4.78 is 1.94. The van der Waals surface area contributed by atoms with Gasteiger partial charge in [-0.05, 0) is 18.3 Å². The topological polar surface area (TPSA) is 30.7 Å². The molecular formula is C9H14ClN3. The van der Waals surface area contributed by atoms with Crippen molar-refractivity contribution in [3.8, 4) is 0 Å². The van der Waals surface area contributed by atoms with Crippen LogP contribution in [0, 0.1) is 5.41 Å². The number of hydrogen-bond donors (Lipinski definition) is 0. The number of rotatable bonds is 3. The van der Waals surface area contributed by atoms with Gasteiger partial charge in [0.25, 0.3) is 0 Å². The second-order valence-electron chi connectivity index (χ2n) is 4.13. The summed E-state index contributed by atoms with van der Waals surface area (Å²) in [6, 6.07) is 0. The van der Waals surface area contributed by atoms with Gasteiger partial charge in [-0.3, -0.25) is 0 Å². The molecule has 0 saturated heterocycles. The molecule has 72 valence electrons. The van der Waals surface area contributed by atoms with Crippen LogP contribution < -0.4 is 0 Å². The summed E-state index contributed by atoms with van der Waals surface area (Å²) in [7, 11) is 0. The largest absolute Gasteiger partial charge is 0.248 e. The Morgan fingerprint density at radius 2 is 2.38 bits per heavy atom. The van der Waals surface area contributed by atoms with Crippen molar-refractivity contribution in [3.05, 3.63) is 12.2 Å². The van der Waals surface area contributed by atoms with E-state index in [4.69, 9.17) is 11.6 Å². The Morgan fingerprint density at radius 3 is 2.92 bits per heavy atom. The maximum atomic E-state index is 5.74. The zero-order valence-electron chi connectivity index (χ0n) is 7.83. The molecule has 3 nitrogen and oxygen atoms in total. The van der Waals surface area contributed by atoms with E-state index in [1.54, 1.807) is 6.33 Å². The van der Waals surface area contributed by atoms with Gasteiger partial charge in [0.15, 0.2) is 0 Å². The van der Waals surface area contributed by atoms with Crippen LogP contribution in [0.2, 0.25) is 0 Å². The maximum Gasteiger partial charge on any atom is 0.141 e. The van der Waals surface area contributed by atoms with Gasteiger partial charge in [-0.1, -0.05) is 13.3 Å². The lowest BCUT2D eigenvalue weighted by atomic mass is 9.70. The van der Waals surface area contributed by atoms with E-state index in [0.717, 1.165) is 12.4 Å². The van der Waals surface area contributed by atoms with Crippen molar-refractivity contribution in [2.24, 2.45) is 5.41 Å². The Labute approximate surface area is 83.1 Å². The normalized spacial score (nSPS) is 19.8. The molecule has 1 aliphatic carbocycles. The Morgan fingerprint density at radius 1 is 1.62 bits per heavy atom. The summed E-state index contributed by atoms with van der Waals surface area (Å²) in [4.78, 5) is 4.10. The predicted octanol–water partition coefficient (Wildman–Crippen LogP) is 2.21. The van der Waals surface area contributed by atoms with Crippen LogP contribution in [0.3, 0.4) is 0 Å². The van der Waals surface area contributed by atoms with Crippen LogP contribution in [0.15, 0.2) is 6.33 Å². The fraction of sp³-hybridized carbons (Fsp3) is 0.778. The van der Waals surface area contributed by atoms with Crippen LogP contribution >= 0.6 is 11.6 Å². The second kappa shape index (κ2) is 3.29. The molecule has 0 aromatic carbocycles. The maximum absolute atomic E-state index is 5.74. The number of hydrogen-bond acceptors (Lipinski definition) is 2. The van der Waals surface area contributed by atoms with Crippen LogP contribution in [0.25, 0.3) is 0 Å². The minimum absolute atomic E-state index is 0.439. The lowest BCUT2D eigenvalue weighted by molar-refractivity contribution is 0.124. The van der Waals surface area contributed by atoms with Crippen molar-refractivity contribution in [1.82, 2.24) is 14.8 Å². The van der Waals surface area contributed by atoms with E-state index >= 15 is 0 Å². The highest BCUT2D eigenvalue weighted by Crippen LogP contribution is 2.41. The van der Waals surface area contributed by atoms with Crippen LogP contribution in [0.1, 0.15) is 32.0 Å². The monoisotopic (exact) mass is 199 g/mol. The quantitative estimate of drug-likeness (QED) is 0.699. The van der Waals surface area contributed by atoms with E-state index in [9.17, 15) is 0 Å². The molecule has 0 aliphatic heterocycles. The van der Waals surface area contributed by atoms with E-state index in [0.29, 0.717) is 11.3 Å². The first-order valence-electron chi connectivity index (χ1n) is 4.66. The highest BCUT2D eigenvalue weighted by atomic mass is 35.5. The summed E-state index contributed by atoms with van der Waals surface area (Å²) >= 11 is 5.74. The van der Waals surface area contributed by atoms with Gasteiger partial charge in [0.05, 0.1) is 5.88 Å². The highest BCUT2D eigenvalue weighted by Gasteiger charge is 2.32. The molecule has 2 rings (SSSR count). The standard InChI is InChI=1S/C9H14ClN3/c1-9(3-2-4-9)6-13-8(5-10)11-7-12-13/h7H,2-6H2,1H3. The Kier molecular flexibility index (Phi) is 2.28. The van der Waals surface area contributed by atoms with Crippen LogP contribution in [0.4, 0.5) is 0 Å². The average molecular weight is 200 g/mol. The summed E-state index contributed by atoms with van der Waals surface area (Å²) in [6.07, 6.45) is 5.53. The number of nitrogens with zero attached hydrogens (tertiary/aromatic N) is 3. The molecule has 0 bridgehead atoms. The molecule has 1 fully saturated rings. The second-order valence-corrected chi connectivity index (χ2v) is 4.40. The molecule has 0 radical (unpaired) electrons. The van der Waals surface area contributed by atoms with Crippen molar-refractivity contribution in [2.75, 3.05) is 0 Å². The van der Waals surface area contributed by atoms with Gasteiger partial charge in [0.1, 0.15) is 12.2 Å². The van der Waals surface area contributed by atoms with Gasteiger partial charge in [-0.15, -0.1) is 11.6 Å². The minimum Gasteiger partial charge on any atom is -0.248 e. The molecule has 0 atom stereocenters. The van der Waals surface area contributed by atoms with E-state index < -0.39 is 0 Å². The Hall–Kier alpha value is -0.570. The molecule has 1 aromatic rings. The fourth-order valence-corrected chi connectivity index (χ4v) is 2.03. The van der Waals surface area contributed by atoms with Gasteiger partial charge < -0.3 is 0 Å². The molecule has 13 heavy (non-hydrogen) atoms. The molecule has 0 spiro atoms. The molecule has 1 aliphatic rings. The zero-order valence-corrected chi connectivity index (χ0v) is 8.59. The Balaban J connectivity index is 2.08. The van der Waals surface area contributed by atoms with E-state index in [1.165, 1.54) is 19.3 Å². The predicted molar refractivity (Wildman–Crippen MR) is 51.5 cm³/mol. The molecule has 0 amide bonds. The SMILES string of the molecule is CC1(Cn2ncnc2CCl)CCC1. The van der Waals surface area contributed by atoms with Crippen LogP contribution in [-0.4, -0.2) is 14.8 Å². The zero-order chi connectivity index (χ0) is 9.31. The molecule has 1 aromatic heterocycles. The van der Waals surface area contributed by atoms with Gasteiger partial charge in [0.2, 0.25) is 0 Å². The smallest absolute Gasteiger partial charge is 0.141 e. The summed E-state index contributed by atoms with van der Waals surface area (Å²) in [5, 5.41) is 4.18. The van der Waals surface area contributed by atoms with Gasteiger partial charge >= 0.3 is 0 Å². The molecule has 4 heteroatoms. The van der Waals surface area contributed by atoms with Crippen molar-refractivity contribution >= 4 is 11.6 Å². The third-order valence-corrected chi connectivity index (χ3v) is 3.15. The lowest BCUT2D eigenvalue weighted by Crippen LogP contribution is -2.31. The van der Waals surface area contributed by atoms with E-state index in [-0.39, 0.29) is 0 Å². The Bertz CT molecular complexity index is 291. The first kappa shape index (κ1) is 9.00. The van der Waals surface area contributed by atoms with Gasteiger partial charge in [-0.2, -0.15) is 5.10 Å². The van der Waals surface area contributed by atoms with Crippen molar-refractivity contribution in [1.29, 1.82) is 0 Å². The summed E-state index contributed by atoms with van der Waals surface area (Å²) in [5.41, 5.74) is 0.439. The molecular weight excluding hydrogens is 186 g/mol. The van der Waals surface area contributed by atoms with E-state index in [2.05, 4.69) is 17.0 Å². The molecule has 1 saturated carbocycles. The summed E-state index contributed by atoms with van der Waals surface area (Å²) in [6.45, 7) is 3.27. The van der Waals surface area contributed by atoms with Crippen molar-refractivity contribution in [3.63, 3.8) is 0 Å². The number of halogens is 1. The van der Waals surface area contributed by atoms with Crippen LogP contribution in [-0.2, 0) is 12.4 Å². The number of aromatic nitrogens is 3. The minimum atomic E-state index is 0.439. The van der Waals surface area contributed by atoms with Gasteiger partial charge in [-0.25, -0.2) is 9.67 Å². The average Bonchev–Trinajstić information content (AvgIpc) is 2.49. The fourth-order valence-electron chi connectivity index (χ4n) is 1.82. The highest BCUT2D eigenvalue weighted by molar-refractivity contribution is 6.16. The summed E-state index contributed by atoms with van der Waals surface area (Å²) in [5.74, 6) is 1.34. The third kappa shape index (κ3) is 1.70. The first-order valence-corrected chi connectivity index (χ1v) is 5.20. The number of alkyl halides is 1. The van der Waals surface area contributed by atoms with E-state index in [1.807, 2.05) is 4.68 Å². The molecule has 1 heterocycles. The molecule has 0 unspecified atom stereocenters. The van der Waals surface area contributed by atoms with Crippen LogP contribution in [0.5, 0.6) is 0 Å². The molecule has 0 N–H and O–H groups in total. The van der Waals surface area contributed by atoms with Crippen molar-refractivity contribution < 1.29 is 0 Å².